The van der Waals surface area contributed by atoms with Crippen LogP contribution in [0.3, 0.4) is 0 Å². The fourth-order valence-electron chi connectivity index (χ4n) is 6.36. The molecule has 7 aromatic rings. The van der Waals surface area contributed by atoms with Gasteiger partial charge in [0.05, 0.1) is 11.2 Å². The maximum atomic E-state index is 5.23. The normalized spacial score (nSPS) is 13.9. The van der Waals surface area contributed by atoms with Gasteiger partial charge >= 0.3 is 0 Å². The van der Waals surface area contributed by atoms with Crippen LogP contribution in [0, 0.1) is 0 Å². The largest absolute Gasteiger partial charge is 0.228 e. The molecule has 0 bridgehead atoms. The maximum absolute atomic E-state index is 5.23. The number of benzene rings is 6. The molecule has 0 saturated heterocycles. The van der Waals surface area contributed by atoms with Crippen LogP contribution in [0.5, 0.6) is 0 Å². The Balaban J connectivity index is 1.42. The summed E-state index contributed by atoms with van der Waals surface area (Å²) in [4.78, 5) is 10.3. The minimum Gasteiger partial charge on any atom is -0.228 e. The Morgan fingerprint density at radius 2 is 1.24 bits per heavy atom. The van der Waals surface area contributed by atoms with Crippen LogP contribution < -0.4 is 0 Å². The lowest BCUT2D eigenvalue weighted by Crippen LogP contribution is -2.24. The number of hydrogen-bond acceptors (Lipinski definition) is 2. The molecule has 174 valence electrons. The molecule has 1 aliphatic rings. The second-order valence-electron chi connectivity index (χ2n) is 10.6. The molecule has 0 spiro atoms. The minimum absolute atomic E-state index is 0.0986. The van der Waals surface area contributed by atoms with Crippen molar-refractivity contribution in [3.63, 3.8) is 0 Å². The number of rotatable bonds is 1. The molecular formula is C35H24N2. The highest BCUT2D eigenvalue weighted by Crippen LogP contribution is 2.47. The molecule has 0 unspecified atom stereocenters. The summed E-state index contributed by atoms with van der Waals surface area (Å²) in [7, 11) is 0. The van der Waals surface area contributed by atoms with Crippen LogP contribution in [0.4, 0.5) is 0 Å². The van der Waals surface area contributed by atoms with Gasteiger partial charge in [-0.05, 0) is 55.6 Å². The molecule has 0 fully saturated rings. The number of fused-ring (bicyclic) bond motifs is 7. The van der Waals surface area contributed by atoms with Crippen LogP contribution >= 0.6 is 0 Å². The standard InChI is InChI=1S/C35H24N2/c1-35(2)29-11-6-5-10-27(29)33-32-30(35)12-7-13-31(32)36-34(37-33)23-15-14-22-17-18-25-24-9-4-3-8-21(24)16-19-26(25)28(22)20-23/h3-20H,1-2H3. The van der Waals surface area contributed by atoms with E-state index < -0.39 is 0 Å². The summed E-state index contributed by atoms with van der Waals surface area (Å²) >= 11 is 0. The van der Waals surface area contributed by atoms with Crippen molar-refractivity contribution in [1.82, 2.24) is 9.97 Å². The Morgan fingerprint density at radius 3 is 2.14 bits per heavy atom. The Labute approximate surface area is 215 Å². The van der Waals surface area contributed by atoms with Crippen LogP contribution in [0.1, 0.15) is 25.0 Å². The summed E-state index contributed by atoms with van der Waals surface area (Å²) < 4.78 is 0. The maximum Gasteiger partial charge on any atom is 0.160 e. The van der Waals surface area contributed by atoms with Crippen molar-refractivity contribution in [1.29, 1.82) is 0 Å². The van der Waals surface area contributed by atoms with Gasteiger partial charge in [0.15, 0.2) is 5.82 Å². The highest BCUT2D eigenvalue weighted by atomic mass is 14.9. The monoisotopic (exact) mass is 472 g/mol. The second-order valence-corrected chi connectivity index (χ2v) is 10.6. The molecule has 1 aliphatic carbocycles. The van der Waals surface area contributed by atoms with Gasteiger partial charge in [0.1, 0.15) is 0 Å². The fourth-order valence-corrected chi connectivity index (χ4v) is 6.36. The molecule has 6 aromatic carbocycles. The molecule has 8 rings (SSSR count). The molecule has 0 saturated carbocycles. The Bertz CT molecular complexity index is 2070. The smallest absolute Gasteiger partial charge is 0.160 e. The van der Waals surface area contributed by atoms with Crippen molar-refractivity contribution >= 4 is 43.2 Å². The molecule has 37 heavy (non-hydrogen) atoms. The Kier molecular flexibility index (Phi) is 4.03. The van der Waals surface area contributed by atoms with Crippen molar-refractivity contribution in [2.75, 3.05) is 0 Å². The van der Waals surface area contributed by atoms with Gasteiger partial charge < -0.3 is 0 Å². The van der Waals surface area contributed by atoms with Crippen LogP contribution in [-0.4, -0.2) is 9.97 Å². The van der Waals surface area contributed by atoms with Crippen molar-refractivity contribution in [3.8, 4) is 22.6 Å². The van der Waals surface area contributed by atoms with Gasteiger partial charge in [-0.3, -0.25) is 0 Å². The van der Waals surface area contributed by atoms with E-state index in [2.05, 4.69) is 123 Å². The third-order valence-electron chi connectivity index (χ3n) is 8.25. The summed E-state index contributed by atoms with van der Waals surface area (Å²) in [5.74, 6) is 0.772. The molecule has 0 amide bonds. The molecule has 0 radical (unpaired) electrons. The Hall–Kier alpha value is -4.56. The minimum atomic E-state index is -0.0986. The van der Waals surface area contributed by atoms with Crippen molar-refractivity contribution in [2.24, 2.45) is 0 Å². The van der Waals surface area contributed by atoms with E-state index in [-0.39, 0.29) is 5.41 Å². The number of aromatic nitrogens is 2. The van der Waals surface area contributed by atoms with E-state index in [0.717, 1.165) is 22.6 Å². The topological polar surface area (TPSA) is 25.8 Å². The summed E-state index contributed by atoms with van der Waals surface area (Å²) in [5.41, 5.74) is 6.80. The molecule has 1 heterocycles. The first-order valence-electron chi connectivity index (χ1n) is 12.9. The highest BCUT2D eigenvalue weighted by molar-refractivity contribution is 6.17. The SMILES string of the molecule is CC1(C)c2ccccc2-c2nc(-c3ccc4ccc5c6ccccc6ccc5c4c3)nc3cccc1c23. The zero-order valence-corrected chi connectivity index (χ0v) is 20.8. The number of nitrogens with zero attached hydrogens (tertiary/aromatic N) is 2. The second kappa shape index (κ2) is 7.24. The van der Waals surface area contributed by atoms with Gasteiger partial charge in [-0.25, -0.2) is 9.97 Å². The van der Waals surface area contributed by atoms with E-state index in [9.17, 15) is 0 Å². The van der Waals surface area contributed by atoms with Crippen LogP contribution in [-0.2, 0) is 5.41 Å². The van der Waals surface area contributed by atoms with Crippen molar-refractivity contribution in [2.45, 2.75) is 19.3 Å². The lowest BCUT2D eigenvalue weighted by molar-refractivity contribution is 0.644. The summed E-state index contributed by atoms with van der Waals surface area (Å²) in [6, 6.07) is 39.4. The predicted octanol–water partition coefficient (Wildman–Crippen LogP) is 9.06. The van der Waals surface area contributed by atoms with E-state index in [0.29, 0.717) is 0 Å². The van der Waals surface area contributed by atoms with Gasteiger partial charge in [-0.2, -0.15) is 0 Å². The molecule has 0 atom stereocenters. The van der Waals surface area contributed by atoms with E-state index in [1.165, 1.54) is 54.4 Å². The summed E-state index contributed by atoms with van der Waals surface area (Å²) in [5, 5.41) is 8.71. The van der Waals surface area contributed by atoms with Gasteiger partial charge in [-0.15, -0.1) is 0 Å². The predicted molar refractivity (Wildman–Crippen MR) is 155 cm³/mol. The first-order chi connectivity index (χ1) is 18.1. The third kappa shape index (κ3) is 2.81. The summed E-state index contributed by atoms with van der Waals surface area (Å²) in [6.07, 6.45) is 0. The van der Waals surface area contributed by atoms with Gasteiger partial charge in [0.2, 0.25) is 0 Å². The fraction of sp³-hybridized carbons (Fsp3) is 0.0857. The van der Waals surface area contributed by atoms with E-state index in [1.807, 2.05) is 0 Å². The zero-order chi connectivity index (χ0) is 24.7. The average Bonchev–Trinajstić information content (AvgIpc) is 2.95. The van der Waals surface area contributed by atoms with Gasteiger partial charge in [-0.1, -0.05) is 111 Å². The summed E-state index contributed by atoms with van der Waals surface area (Å²) in [6.45, 7) is 4.60. The molecule has 0 aliphatic heterocycles. The lowest BCUT2D eigenvalue weighted by Gasteiger charge is -2.34. The molecule has 2 nitrogen and oxygen atoms in total. The van der Waals surface area contributed by atoms with E-state index >= 15 is 0 Å². The first-order valence-corrected chi connectivity index (χ1v) is 12.9. The zero-order valence-electron chi connectivity index (χ0n) is 20.8. The van der Waals surface area contributed by atoms with E-state index in [1.54, 1.807) is 0 Å². The highest BCUT2D eigenvalue weighted by Gasteiger charge is 2.34. The van der Waals surface area contributed by atoms with Crippen LogP contribution in [0.15, 0.2) is 109 Å². The molecule has 0 N–H and O–H groups in total. The average molecular weight is 473 g/mol. The quantitative estimate of drug-likeness (QED) is 0.223. The molecule has 1 aromatic heterocycles. The van der Waals surface area contributed by atoms with E-state index in [4.69, 9.17) is 9.97 Å². The molecular weight excluding hydrogens is 448 g/mol. The van der Waals surface area contributed by atoms with Crippen LogP contribution in [0.2, 0.25) is 0 Å². The first kappa shape index (κ1) is 20.6. The lowest BCUT2D eigenvalue weighted by atomic mass is 9.70. The van der Waals surface area contributed by atoms with Gasteiger partial charge in [0.25, 0.3) is 0 Å². The van der Waals surface area contributed by atoms with Crippen molar-refractivity contribution in [3.05, 3.63) is 120 Å². The van der Waals surface area contributed by atoms with Crippen LogP contribution in [0.25, 0.3) is 65.9 Å². The van der Waals surface area contributed by atoms with Gasteiger partial charge in [0, 0.05) is 21.9 Å². The number of hydrogen-bond donors (Lipinski definition) is 0. The molecule has 2 heteroatoms. The Morgan fingerprint density at radius 1 is 0.541 bits per heavy atom. The van der Waals surface area contributed by atoms with Crippen molar-refractivity contribution < 1.29 is 0 Å². The third-order valence-corrected chi connectivity index (χ3v) is 8.25.